The summed E-state index contributed by atoms with van der Waals surface area (Å²) in [6.07, 6.45) is 5.07. The Morgan fingerprint density at radius 1 is 1.13 bits per heavy atom. The van der Waals surface area contributed by atoms with Gasteiger partial charge in [-0.3, -0.25) is 9.69 Å². The molecule has 23 heavy (non-hydrogen) atoms. The number of hydrogen-bond donors (Lipinski definition) is 0. The van der Waals surface area contributed by atoms with Crippen molar-refractivity contribution < 1.29 is 9.53 Å². The molecule has 2 heterocycles. The van der Waals surface area contributed by atoms with Crippen LogP contribution in [0.3, 0.4) is 0 Å². The van der Waals surface area contributed by atoms with Gasteiger partial charge in [0, 0.05) is 45.2 Å². The van der Waals surface area contributed by atoms with E-state index < -0.39 is 0 Å². The highest BCUT2D eigenvalue weighted by atomic mass is 16.5. The fourth-order valence-corrected chi connectivity index (χ4v) is 3.37. The number of piperazine rings is 1. The lowest BCUT2D eigenvalue weighted by molar-refractivity contribution is -0.136. The molecule has 0 N–H and O–H groups in total. The SMILES string of the molecule is COCC(=O)N1CCN(Cc2nnc(C3CC3)n2C2CC2)CC1. The summed E-state index contributed by atoms with van der Waals surface area (Å²) in [5.74, 6) is 3.08. The summed E-state index contributed by atoms with van der Waals surface area (Å²) in [6.45, 7) is 4.37. The monoisotopic (exact) mass is 319 g/mol. The van der Waals surface area contributed by atoms with Gasteiger partial charge >= 0.3 is 0 Å². The fourth-order valence-electron chi connectivity index (χ4n) is 3.37. The van der Waals surface area contributed by atoms with Gasteiger partial charge in [-0.05, 0) is 25.7 Å². The lowest BCUT2D eigenvalue weighted by Crippen LogP contribution is -2.49. The number of nitrogens with zero attached hydrogens (tertiary/aromatic N) is 5. The lowest BCUT2D eigenvalue weighted by atomic mass is 10.3. The predicted molar refractivity (Wildman–Crippen MR) is 84.0 cm³/mol. The lowest BCUT2D eigenvalue weighted by Gasteiger charge is -2.34. The molecular formula is C16H25N5O2. The molecule has 126 valence electrons. The molecule has 2 aliphatic carbocycles. The van der Waals surface area contributed by atoms with Crippen LogP contribution in [0.1, 0.15) is 49.3 Å². The molecule has 1 aliphatic heterocycles. The van der Waals surface area contributed by atoms with Gasteiger partial charge < -0.3 is 14.2 Å². The average Bonchev–Trinajstić information content (AvgIpc) is 3.48. The van der Waals surface area contributed by atoms with E-state index >= 15 is 0 Å². The van der Waals surface area contributed by atoms with E-state index in [-0.39, 0.29) is 12.5 Å². The summed E-state index contributed by atoms with van der Waals surface area (Å²) < 4.78 is 7.35. The molecule has 7 nitrogen and oxygen atoms in total. The van der Waals surface area contributed by atoms with E-state index in [1.54, 1.807) is 7.11 Å². The van der Waals surface area contributed by atoms with Crippen molar-refractivity contribution in [3.63, 3.8) is 0 Å². The van der Waals surface area contributed by atoms with E-state index in [2.05, 4.69) is 19.7 Å². The molecule has 3 aliphatic rings. The second-order valence-electron chi connectivity index (χ2n) is 6.94. The molecule has 2 saturated carbocycles. The van der Waals surface area contributed by atoms with Crippen molar-refractivity contribution >= 4 is 5.91 Å². The first-order chi connectivity index (χ1) is 11.3. The van der Waals surface area contributed by atoms with Crippen molar-refractivity contribution in [3.8, 4) is 0 Å². The highest BCUT2D eigenvalue weighted by Crippen LogP contribution is 2.44. The molecular weight excluding hydrogens is 294 g/mol. The first-order valence-electron chi connectivity index (χ1n) is 8.69. The Morgan fingerprint density at radius 3 is 2.48 bits per heavy atom. The Labute approximate surface area is 136 Å². The number of carbonyl (C=O) groups is 1. The molecule has 4 rings (SSSR count). The minimum Gasteiger partial charge on any atom is -0.375 e. The van der Waals surface area contributed by atoms with E-state index in [4.69, 9.17) is 4.74 Å². The van der Waals surface area contributed by atoms with Gasteiger partial charge in [0.1, 0.15) is 18.3 Å². The first-order valence-corrected chi connectivity index (χ1v) is 8.69. The maximum Gasteiger partial charge on any atom is 0.248 e. The normalized spacial score (nSPS) is 22.6. The molecule has 0 aromatic carbocycles. The summed E-state index contributed by atoms with van der Waals surface area (Å²) in [6, 6.07) is 0.639. The van der Waals surface area contributed by atoms with Crippen molar-refractivity contribution in [2.24, 2.45) is 0 Å². The van der Waals surface area contributed by atoms with E-state index in [9.17, 15) is 4.79 Å². The van der Waals surface area contributed by atoms with E-state index in [1.807, 2.05) is 4.90 Å². The quantitative estimate of drug-likeness (QED) is 0.775. The Balaban J connectivity index is 1.37. The predicted octanol–water partition coefficient (Wildman–Crippen LogP) is 0.781. The van der Waals surface area contributed by atoms with E-state index in [1.165, 1.54) is 31.5 Å². The van der Waals surface area contributed by atoms with Crippen LogP contribution in [0.15, 0.2) is 0 Å². The maximum absolute atomic E-state index is 11.9. The van der Waals surface area contributed by atoms with Crippen LogP contribution in [0.5, 0.6) is 0 Å². The summed E-state index contributed by atoms with van der Waals surface area (Å²) in [4.78, 5) is 16.1. The number of aromatic nitrogens is 3. The number of amides is 1. The van der Waals surface area contributed by atoms with Crippen molar-refractivity contribution in [1.82, 2.24) is 24.6 Å². The van der Waals surface area contributed by atoms with Crippen molar-refractivity contribution in [2.75, 3.05) is 39.9 Å². The second-order valence-corrected chi connectivity index (χ2v) is 6.94. The standard InChI is InChI=1S/C16H25N5O2/c1-23-11-15(22)20-8-6-19(7-9-20)10-14-17-18-16(12-2-3-12)21(14)13-4-5-13/h12-13H,2-11H2,1H3. The summed E-state index contributed by atoms with van der Waals surface area (Å²) in [5.41, 5.74) is 0. The zero-order valence-electron chi connectivity index (χ0n) is 13.8. The summed E-state index contributed by atoms with van der Waals surface area (Å²) >= 11 is 0. The number of rotatable bonds is 6. The molecule has 1 aromatic heterocycles. The Morgan fingerprint density at radius 2 is 1.87 bits per heavy atom. The zero-order chi connectivity index (χ0) is 15.8. The van der Waals surface area contributed by atoms with Gasteiger partial charge in [0.2, 0.25) is 5.91 Å². The highest BCUT2D eigenvalue weighted by Gasteiger charge is 2.36. The molecule has 0 atom stereocenters. The maximum atomic E-state index is 11.9. The molecule has 0 unspecified atom stereocenters. The molecule has 1 saturated heterocycles. The van der Waals surface area contributed by atoms with E-state index in [0.717, 1.165) is 38.5 Å². The molecule has 3 fully saturated rings. The Hall–Kier alpha value is -1.47. The van der Waals surface area contributed by atoms with Gasteiger partial charge in [-0.25, -0.2) is 0 Å². The van der Waals surface area contributed by atoms with E-state index in [0.29, 0.717) is 12.0 Å². The Bertz CT molecular complexity index is 571. The average molecular weight is 319 g/mol. The van der Waals surface area contributed by atoms with Crippen LogP contribution in [-0.2, 0) is 16.1 Å². The largest absolute Gasteiger partial charge is 0.375 e. The minimum absolute atomic E-state index is 0.0873. The minimum atomic E-state index is 0.0873. The smallest absolute Gasteiger partial charge is 0.248 e. The summed E-state index contributed by atoms with van der Waals surface area (Å²) in [7, 11) is 1.57. The van der Waals surface area contributed by atoms with Gasteiger partial charge in [-0.1, -0.05) is 0 Å². The number of methoxy groups -OCH3 is 1. The van der Waals surface area contributed by atoms with Gasteiger partial charge in [-0.2, -0.15) is 0 Å². The zero-order valence-corrected chi connectivity index (χ0v) is 13.8. The van der Waals surface area contributed by atoms with Gasteiger partial charge in [0.15, 0.2) is 0 Å². The van der Waals surface area contributed by atoms with Crippen LogP contribution in [0.4, 0.5) is 0 Å². The third-order valence-electron chi connectivity index (χ3n) is 5.01. The third-order valence-corrected chi connectivity index (χ3v) is 5.01. The van der Waals surface area contributed by atoms with Gasteiger partial charge in [-0.15, -0.1) is 10.2 Å². The second kappa shape index (κ2) is 6.20. The molecule has 1 aromatic rings. The van der Waals surface area contributed by atoms with Crippen molar-refractivity contribution in [2.45, 2.75) is 44.2 Å². The highest BCUT2D eigenvalue weighted by molar-refractivity contribution is 5.77. The molecule has 0 radical (unpaired) electrons. The van der Waals surface area contributed by atoms with Crippen molar-refractivity contribution in [3.05, 3.63) is 11.6 Å². The van der Waals surface area contributed by atoms with Crippen LogP contribution in [0.2, 0.25) is 0 Å². The van der Waals surface area contributed by atoms with Crippen LogP contribution >= 0.6 is 0 Å². The topological polar surface area (TPSA) is 63.5 Å². The van der Waals surface area contributed by atoms with Crippen LogP contribution in [0.25, 0.3) is 0 Å². The molecule has 1 amide bonds. The number of carbonyl (C=O) groups excluding carboxylic acids is 1. The van der Waals surface area contributed by atoms with Gasteiger partial charge in [0.25, 0.3) is 0 Å². The third kappa shape index (κ3) is 3.26. The summed E-state index contributed by atoms with van der Waals surface area (Å²) in [5, 5.41) is 8.96. The number of ether oxygens (including phenoxy) is 1. The fraction of sp³-hybridized carbons (Fsp3) is 0.812. The number of hydrogen-bond acceptors (Lipinski definition) is 5. The molecule has 7 heteroatoms. The van der Waals surface area contributed by atoms with Crippen molar-refractivity contribution in [1.29, 1.82) is 0 Å². The van der Waals surface area contributed by atoms with Crippen LogP contribution in [0, 0.1) is 0 Å². The van der Waals surface area contributed by atoms with Gasteiger partial charge in [0.05, 0.1) is 6.54 Å². The molecule has 0 spiro atoms. The first kappa shape index (κ1) is 15.1. The Kier molecular flexibility index (Phi) is 4.07. The van der Waals surface area contributed by atoms with Crippen LogP contribution in [-0.4, -0.2) is 70.4 Å². The molecule has 0 bridgehead atoms. The van der Waals surface area contributed by atoms with Crippen LogP contribution < -0.4 is 0 Å².